The average Bonchev–Trinajstić information content (AvgIpc) is 3.33. The van der Waals surface area contributed by atoms with E-state index in [0.717, 1.165) is 16.6 Å². The number of nitrogens with zero attached hydrogens (tertiary/aromatic N) is 2. The van der Waals surface area contributed by atoms with Crippen molar-refractivity contribution in [3.8, 4) is 11.5 Å². The Balaban J connectivity index is 1.42. The summed E-state index contributed by atoms with van der Waals surface area (Å²) in [7, 11) is 0. The molecule has 0 amide bonds. The first-order chi connectivity index (χ1) is 13.3. The molecule has 8 heteroatoms. The number of fused-ring (bicyclic) bond motifs is 2. The second-order valence-corrected chi connectivity index (χ2v) is 6.36. The van der Waals surface area contributed by atoms with Crippen LogP contribution in [0.15, 0.2) is 54.9 Å². The van der Waals surface area contributed by atoms with E-state index in [-0.39, 0.29) is 6.79 Å². The lowest BCUT2D eigenvalue weighted by molar-refractivity contribution is 0.174. The summed E-state index contributed by atoms with van der Waals surface area (Å²) in [5.74, 6) is 2.28. The Morgan fingerprint density at radius 1 is 1.04 bits per heavy atom. The summed E-state index contributed by atoms with van der Waals surface area (Å²) in [6.07, 6.45) is 3.57. The van der Waals surface area contributed by atoms with Gasteiger partial charge in [0, 0.05) is 29.0 Å². The van der Waals surface area contributed by atoms with E-state index in [0.29, 0.717) is 34.0 Å². The van der Waals surface area contributed by atoms with Gasteiger partial charge in [0.25, 0.3) is 0 Å². The van der Waals surface area contributed by atoms with Crippen molar-refractivity contribution in [3.63, 3.8) is 0 Å². The number of aromatic nitrogens is 3. The van der Waals surface area contributed by atoms with Crippen LogP contribution >= 0.6 is 11.6 Å². The van der Waals surface area contributed by atoms with Crippen LogP contribution in [0.4, 0.5) is 23.1 Å². The number of aromatic amines is 1. The molecule has 0 radical (unpaired) electrons. The topological polar surface area (TPSA) is 84.1 Å². The molecule has 2 aromatic carbocycles. The van der Waals surface area contributed by atoms with Crippen molar-refractivity contribution in [3.05, 3.63) is 59.9 Å². The lowest BCUT2D eigenvalue weighted by atomic mass is 10.2. The summed E-state index contributed by atoms with van der Waals surface area (Å²) < 4.78 is 10.9. The zero-order chi connectivity index (χ0) is 18.2. The fourth-order valence-electron chi connectivity index (χ4n) is 2.94. The van der Waals surface area contributed by atoms with Crippen LogP contribution in [0.5, 0.6) is 11.5 Å². The largest absolute Gasteiger partial charge is 0.454 e. The highest BCUT2D eigenvalue weighted by Gasteiger charge is 2.21. The first kappa shape index (κ1) is 15.8. The number of H-pyrrole nitrogens is 1. The van der Waals surface area contributed by atoms with Crippen LogP contribution < -0.4 is 20.1 Å². The maximum atomic E-state index is 6.31. The summed E-state index contributed by atoms with van der Waals surface area (Å²) in [6.45, 7) is 0.169. The number of rotatable bonds is 4. The van der Waals surface area contributed by atoms with E-state index in [9.17, 15) is 0 Å². The molecule has 4 aromatic rings. The Labute approximate surface area is 159 Å². The Morgan fingerprint density at radius 2 is 2.00 bits per heavy atom. The number of ether oxygens (including phenoxy) is 2. The normalized spacial score (nSPS) is 12.3. The first-order valence-corrected chi connectivity index (χ1v) is 8.66. The molecule has 0 unspecified atom stereocenters. The zero-order valence-corrected chi connectivity index (χ0v) is 14.7. The van der Waals surface area contributed by atoms with Crippen molar-refractivity contribution in [2.24, 2.45) is 0 Å². The number of anilines is 4. The Morgan fingerprint density at radius 3 is 2.96 bits per heavy atom. The summed E-state index contributed by atoms with van der Waals surface area (Å²) in [5, 5.41) is 8.03. The average molecular weight is 380 g/mol. The maximum Gasteiger partial charge on any atom is 0.231 e. The van der Waals surface area contributed by atoms with Crippen molar-refractivity contribution in [2.45, 2.75) is 0 Å². The Hall–Kier alpha value is -3.45. The van der Waals surface area contributed by atoms with Gasteiger partial charge in [-0.05, 0) is 42.5 Å². The lowest BCUT2D eigenvalue weighted by Gasteiger charge is -2.11. The van der Waals surface area contributed by atoms with E-state index >= 15 is 0 Å². The van der Waals surface area contributed by atoms with E-state index in [1.54, 1.807) is 24.4 Å². The fourth-order valence-corrected chi connectivity index (χ4v) is 3.14. The van der Waals surface area contributed by atoms with Crippen molar-refractivity contribution in [1.29, 1.82) is 0 Å². The Bertz CT molecular complexity index is 1140. The number of nitrogens with one attached hydrogen (secondary N) is 3. The summed E-state index contributed by atoms with van der Waals surface area (Å²) in [6, 6.07) is 13.3. The first-order valence-electron chi connectivity index (χ1n) is 8.29. The van der Waals surface area contributed by atoms with E-state index in [1.165, 1.54) is 0 Å². The monoisotopic (exact) mass is 379 g/mol. The van der Waals surface area contributed by atoms with Gasteiger partial charge in [0.1, 0.15) is 11.5 Å². The maximum absolute atomic E-state index is 6.31. The van der Waals surface area contributed by atoms with Crippen molar-refractivity contribution < 1.29 is 9.47 Å². The number of hydrogen-bond donors (Lipinski definition) is 3. The molecule has 134 valence electrons. The van der Waals surface area contributed by atoms with E-state index < -0.39 is 0 Å². The predicted octanol–water partition coefficient (Wildman–Crippen LogP) is 4.83. The van der Waals surface area contributed by atoms with E-state index in [4.69, 9.17) is 21.1 Å². The molecule has 2 aromatic heterocycles. The molecule has 0 aliphatic carbocycles. The zero-order valence-electron chi connectivity index (χ0n) is 14.0. The molecule has 3 heterocycles. The van der Waals surface area contributed by atoms with Gasteiger partial charge in [-0.1, -0.05) is 11.6 Å². The van der Waals surface area contributed by atoms with Crippen LogP contribution in [-0.4, -0.2) is 21.7 Å². The third kappa shape index (κ3) is 2.98. The Kier molecular flexibility index (Phi) is 3.72. The smallest absolute Gasteiger partial charge is 0.231 e. The van der Waals surface area contributed by atoms with Crippen LogP contribution in [0.3, 0.4) is 0 Å². The van der Waals surface area contributed by atoms with E-state index in [2.05, 4.69) is 25.6 Å². The molecule has 0 saturated heterocycles. The molecule has 0 spiro atoms. The highest BCUT2D eigenvalue weighted by molar-refractivity contribution is 6.33. The van der Waals surface area contributed by atoms with Crippen molar-refractivity contribution >= 4 is 45.6 Å². The van der Waals surface area contributed by atoms with Crippen LogP contribution in [0.1, 0.15) is 0 Å². The molecule has 0 atom stereocenters. The summed E-state index contributed by atoms with van der Waals surface area (Å²) >= 11 is 6.31. The lowest BCUT2D eigenvalue weighted by Crippen LogP contribution is -2.01. The third-order valence-electron chi connectivity index (χ3n) is 4.21. The number of hydrogen-bond acceptors (Lipinski definition) is 6. The van der Waals surface area contributed by atoms with Gasteiger partial charge in [-0.15, -0.1) is 0 Å². The molecular weight excluding hydrogens is 366 g/mol. The quantitative estimate of drug-likeness (QED) is 0.471. The second kappa shape index (κ2) is 6.37. The highest BCUT2D eigenvalue weighted by Crippen LogP contribution is 2.44. The van der Waals surface area contributed by atoms with Gasteiger partial charge in [-0.25, -0.2) is 4.98 Å². The van der Waals surface area contributed by atoms with Gasteiger partial charge in [0.2, 0.25) is 12.7 Å². The molecule has 5 rings (SSSR count). The minimum absolute atomic E-state index is 0.169. The third-order valence-corrected chi connectivity index (χ3v) is 4.52. The van der Waals surface area contributed by atoms with E-state index in [1.807, 2.05) is 30.5 Å². The van der Waals surface area contributed by atoms with Crippen molar-refractivity contribution in [2.75, 3.05) is 17.4 Å². The molecule has 7 nitrogen and oxygen atoms in total. The molecule has 0 fully saturated rings. The molecule has 0 bridgehead atoms. The number of benzene rings is 2. The second-order valence-electron chi connectivity index (χ2n) is 5.95. The van der Waals surface area contributed by atoms with Gasteiger partial charge < -0.3 is 25.1 Å². The molecule has 27 heavy (non-hydrogen) atoms. The summed E-state index contributed by atoms with van der Waals surface area (Å²) in [4.78, 5) is 12.0. The summed E-state index contributed by atoms with van der Waals surface area (Å²) in [5.41, 5.74) is 2.59. The van der Waals surface area contributed by atoms with Crippen LogP contribution in [0.2, 0.25) is 5.02 Å². The van der Waals surface area contributed by atoms with Gasteiger partial charge in [0.05, 0.1) is 5.02 Å². The van der Waals surface area contributed by atoms with Gasteiger partial charge in [-0.3, -0.25) is 0 Å². The minimum Gasteiger partial charge on any atom is -0.454 e. The van der Waals surface area contributed by atoms with Crippen LogP contribution in [-0.2, 0) is 0 Å². The van der Waals surface area contributed by atoms with Crippen LogP contribution in [0, 0.1) is 0 Å². The van der Waals surface area contributed by atoms with Gasteiger partial charge in [-0.2, -0.15) is 4.98 Å². The molecule has 3 N–H and O–H groups in total. The predicted molar refractivity (Wildman–Crippen MR) is 104 cm³/mol. The molecule has 1 aliphatic rings. The van der Waals surface area contributed by atoms with Gasteiger partial charge in [0.15, 0.2) is 11.5 Å². The minimum atomic E-state index is 0.169. The molecule has 1 aliphatic heterocycles. The van der Waals surface area contributed by atoms with Crippen LogP contribution in [0.25, 0.3) is 10.9 Å². The standard InChI is InChI=1S/C19H14ClN5O2/c20-13-2-4-15-18(27-10-26-15)17(13)24-16-6-8-22-19(25-16)23-12-1-3-14-11(9-12)5-7-21-14/h1-9,21H,10H2,(H2,22,23,24,25). The van der Waals surface area contributed by atoms with Gasteiger partial charge >= 0.3 is 0 Å². The fraction of sp³-hybridized carbons (Fsp3) is 0.0526. The molecule has 0 saturated carbocycles. The molecular formula is C19H14ClN5O2. The number of halogens is 1. The SMILES string of the molecule is Clc1ccc2c(c1Nc1ccnc(Nc3ccc4[nH]ccc4c3)n1)OCO2. The van der Waals surface area contributed by atoms with Crippen molar-refractivity contribution in [1.82, 2.24) is 15.0 Å². The highest BCUT2D eigenvalue weighted by atomic mass is 35.5.